The zero-order chi connectivity index (χ0) is 10.7. The van der Waals surface area contributed by atoms with Gasteiger partial charge in [0.1, 0.15) is 12.1 Å². The van der Waals surface area contributed by atoms with Crippen LogP contribution in [0.2, 0.25) is 0 Å². The summed E-state index contributed by atoms with van der Waals surface area (Å²) in [6.45, 7) is -0.108. The number of aliphatic hydroxyl groups is 1. The van der Waals surface area contributed by atoms with Gasteiger partial charge >= 0.3 is 5.97 Å². The molecule has 1 rings (SSSR count). The van der Waals surface area contributed by atoms with Crippen molar-refractivity contribution in [3.63, 3.8) is 0 Å². The van der Waals surface area contributed by atoms with Crippen LogP contribution in [0.4, 0.5) is 0 Å². The summed E-state index contributed by atoms with van der Waals surface area (Å²) in [6.07, 6.45) is 0.420. The number of rotatable bonds is 6. The third-order valence-electron chi connectivity index (χ3n) is 2.22. The number of hydrogen-bond donors (Lipinski definition) is 4. The monoisotopic (exact) mass is 202 g/mol. The minimum Gasteiger partial charge on any atom is -0.480 e. The van der Waals surface area contributed by atoms with Crippen LogP contribution in [-0.2, 0) is 9.59 Å². The number of amides is 1. The summed E-state index contributed by atoms with van der Waals surface area (Å²) in [6, 6.07) is -0.677. The SMILES string of the molecule is NC(=O)C(O)CNC(C(=O)O)C1CC1. The maximum absolute atomic E-state index is 10.7. The van der Waals surface area contributed by atoms with E-state index in [0.29, 0.717) is 0 Å². The summed E-state index contributed by atoms with van der Waals surface area (Å²) >= 11 is 0. The Morgan fingerprint density at radius 3 is 2.43 bits per heavy atom. The minimum atomic E-state index is -1.32. The van der Waals surface area contributed by atoms with E-state index in [0.717, 1.165) is 12.8 Å². The van der Waals surface area contributed by atoms with E-state index < -0.39 is 24.0 Å². The largest absolute Gasteiger partial charge is 0.480 e. The first-order chi connectivity index (χ1) is 6.52. The number of hydrogen-bond acceptors (Lipinski definition) is 4. The fourth-order valence-corrected chi connectivity index (χ4v) is 1.22. The van der Waals surface area contributed by atoms with Gasteiger partial charge in [-0.25, -0.2) is 0 Å². The van der Waals surface area contributed by atoms with Crippen molar-refractivity contribution in [3.05, 3.63) is 0 Å². The summed E-state index contributed by atoms with van der Waals surface area (Å²) in [5.41, 5.74) is 4.81. The standard InChI is InChI=1S/C8H14N2O4/c9-7(12)5(11)3-10-6(8(13)14)4-1-2-4/h4-6,10-11H,1-3H2,(H2,9,12)(H,13,14). The lowest BCUT2D eigenvalue weighted by Crippen LogP contribution is -2.45. The highest BCUT2D eigenvalue weighted by Gasteiger charge is 2.36. The van der Waals surface area contributed by atoms with Crippen LogP contribution < -0.4 is 11.1 Å². The number of nitrogens with one attached hydrogen (secondary N) is 1. The van der Waals surface area contributed by atoms with Crippen molar-refractivity contribution in [1.82, 2.24) is 5.32 Å². The first kappa shape index (κ1) is 10.9. The third-order valence-corrected chi connectivity index (χ3v) is 2.22. The zero-order valence-corrected chi connectivity index (χ0v) is 7.64. The van der Waals surface area contributed by atoms with Crippen molar-refractivity contribution in [3.8, 4) is 0 Å². The van der Waals surface area contributed by atoms with Gasteiger partial charge in [-0.15, -0.1) is 0 Å². The maximum atomic E-state index is 10.7. The van der Waals surface area contributed by atoms with Crippen molar-refractivity contribution >= 4 is 11.9 Å². The molecule has 0 bridgehead atoms. The van der Waals surface area contributed by atoms with E-state index in [-0.39, 0.29) is 12.5 Å². The minimum absolute atomic E-state index is 0.108. The van der Waals surface area contributed by atoms with Gasteiger partial charge < -0.3 is 21.3 Å². The quantitative estimate of drug-likeness (QED) is 0.409. The van der Waals surface area contributed by atoms with Gasteiger partial charge in [0.15, 0.2) is 0 Å². The highest BCUT2D eigenvalue weighted by molar-refractivity contribution is 5.79. The molecule has 5 N–H and O–H groups in total. The molecular formula is C8H14N2O4. The molecule has 0 aromatic carbocycles. The predicted molar refractivity (Wildman–Crippen MR) is 47.4 cm³/mol. The van der Waals surface area contributed by atoms with Crippen LogP contribution in [-0.4, -0.2) is 40.8 Å². The fraction of sp³-hybridized carbons (Fsp3) is 0.750. The molecule has 0 spiro atoms. The van der Waals surface area contributed by atoms with E-state index in [1.165, 1.54) is 0 Å². The molecule has 0 heterocycles. The van der Waals surface area contributed by atoms with Crippen molar-refractivity contribution in [2.45, 2.75) is 25.0 Å². The highest BCUT2D eigenvalue weighted by atomic mass is 16.4. The Bertz CT molecular complexity index is 239. The third kappa shape index (κ3) is 2.97. The molecule has 2 atom stereocenters. The van der Waals surface area contributed by atoms with E-state index in [1.54, 1.807) is 0 Å². The molecule has 2 unspecified atom stereocenters. The lowest BCUT2D eigenvalue weighted by Gasteiger charge is -2.14. The second-order valence-electron chi connectivity index (χ2n) is 3.48. The van der Waals surface area contributed by atoms with Crippen LogP contribution in [0.3, 0.4) is 0 Å². The van der Waals surface area contributed by atoms with Crippen LogP contribution in [0, 0.1) is 5.92 Å². The Hall–Kier alpha value is -1.14. The molecule has 0 aromatic heterocycles. The average molecular weight is 202 g/mol. The molecule has 0 aromatic rings. The van der Waals surface area contributed by atoms with Gasteiger partial charge in [0, 0.05) is 6.54 Å². The summed E-state index contributed by atoms with van der Waals surface area (Å²) < 4.78 is 0. The van der Waals surface area contributed by atoms with Crippen LogP contribution >= 0.6 is 0 Å². The number of primary amides is 1. The highest BCUT2D eigenvalue weighted by Crippen LogP contribution is 2.32. The number of carbonyl (C=O) groups is 2. The number of nitrogens with two attached hydrogens (primary N) is 1. The first-order valence-corrected chi connectivity index (χ1v) is 4.46. The Labute approximate surface area is 81.1 Å². The van der Waals surface area contributed by atoms with Crippen molar-refractivity contribution in [1.29, 1.82) is 0 Å². The molecule has 6 nitrogen and oxygen atoms in total. The van der Waals surface area contributed by atoms with Gasteiger partial charge in [0.05, 0.1) is 0 Å². The smallest absolute Gasteiger partial charge is 0.320 e. The van der Waals surface area contributed by atoms with E-state index in [1.807, 2.05) is 0 Å². The first-order valence-electron chi connectivity index (χ1n) is 4.46. The average Bonchev–Trinajstić information content (AvgIpc) is 2.87. The molecule has 14 heavy (non-hydrogen) atoms. The number of carbonyl (C=O) groups excluding carboxylic acids is 1. The molecule has 80 valence electrons. The Morgan fingerprint density at radius 2 is 2.07 bits per heavy atom. The Morgan fingerprint density at radius 1 is 1.50 bits per heavy atom. The molecule has 0 saturated heterocycles. The Balaban J connectivity index is 2.33. The number of carboxylic acids is 1. The second kappa shape index (κ2) is 4.39. The lowest BCUT2D eigenvalue weighted by atomic mass is 10.2. The molecule has 1 fully saturated rings. The van der Waals surface area contributed by atoms with Gasteiger partial charge in [-0.2, -0.15) is 0 Å². The van der Waals surface area contributed by atoms with Crippen LogP contribution in [0.25, 0.3) is 0 Å². The van der Waals surface area contributed by atoms with Gasteiger partial charge in [-0.3, -0.25) is 9.59 Å². The van der Waals surface area contributed by atoms with E-state index in [4.69, 9.17) is 15.9 Å². The van der Waals surface area contributed by atoms with E-state index in [2.05, 4.69) is 5.32 Å². The summed E-state index contributed by atoms with van der Waals surface area (Å²) in [5.74, 6) is -1.69. The normalized spacial score (nSPS) is 20.1. The number of carboxylic acid groups (broad SMARTS) is 1. The molecule has 1 aliphatic rings. The number of aliphatic carboxylic acids is 1. The topological polar surface area (TPSA) is 113 Å². The molecule has 0 aliphatic heterocycles. The van der Waals surface area contributed by atoms with Gasteiger partial charge in [-0.05, 0) is 18.8 Å². The Kier molecular flexibility index (Phi) is 3.43. The van der Waals surface area contributed by atoms with Gasteiger partial charge in [0.25, 0.3) is 0 Å². The molecule has 6 heteroatoms. The van der Waals surface area contributed by atoms with Gasteiger partial charge in [-0.1, -0.05) is 0 Å². The maximum Gasteiger partial charge on any atom is 0.320 e. The lowest BCUT2D eigenvalue weighted by molar-refractivity contribution is -0.140. The van der Waals surface area contributed by atoms with Gasteiger partial charge in [0.2, 0.25) is 5.91 Å². The molecular weight excluding hydrogens is 188 g/mol. The molecule has 1 aliphatic carbocycles. The van der Waals surface area contributed by atoms with Crippen molar-refractivity contribution in [2.75, 3.05) is 6.54 Å². The second-order valence-corrected chi connectivity index (χ2v) is 3.48. The van der Waals surface area contributed by atoms with Crippen molar-refractivity contribution in [2.24, 2.45) is 11.7 Å². The fourth-order valence-electron chi connectivity index (χ4n) is 1.22. The summed E-state index contributed by atoms with van der Waals surface area (Å²) in [7, 11) is 0. The molecule has 1 amide bonds. The molecule has 1 saturated carbocycles. The van der Waals surface area contributed by atoms with E-state index >= 15 is 0 Å². The summed E-state index contributed by atoms with van der Waals surface area (Å²) in [5, 5.41) is 20.4. The van der Waals surface area contributed by atoms with Crippen LogP contribution in [0.15, 0.2) is 0 Å². The van der Waals surface area contributed by atoms with Crippen LogP contribution in [0.5, 0.6) is 0 Å². The zero-order valence-electron chi connectivity index (χ0n) is 7.64. The van der Waals surface area contributed by atoms with Crippen LogP contribution in [0.1, 0.15) is 12.8 Å². The van der Waals surface area contributed by atoms with Crippen molar-refractivity contribution < 1.29 is 19.8 Å². The molecule has 0 radical (unpaired) electrons. The van der Waals surface area contributed by atoms with E-state index in [9.17, 15) is 9.59 Å². The predicted octanol–water partition coefficient (Wildman–Crippen LogP) is -1.71. The summed E-state index contributed by atoms with van der Waals surface area (Å²) in [4.78, 5) is 21.2. The number of aliphatic hydroxyl groups excluding tert-OH is 1.